The molecule has 0 fully saturated rings. The van der Waals surface area contributed by atoms with Crippen molar-refractivity contribution in [3.63, 3.8) is 0 Å². The van der Waals surface area contributed by atoms with Crippen molar-refractivity contribution in [2.45, 2.75) is 32.7 Å². The van der Waals surface area contributed by atoms with Gasteiger partial charge >= 0.3 is 0 Å². The van der Waals surface area contributed by atoms with E-state index in [9.17, 15) is 0 Å². The largest absolute Gasteiger partial charge is 0.340 e. The maximum atomic E-state index is 5.86. The fourth-order valence-electron chi connectivity index (χ4n) is 2.82. The van der Waals surface area contributed by atoms with Crippen LogP contribution in [0.3, 0.4) is 0 Å². The Kier molecular flexibility index (Phi) is 3.45. The molecule has 2 heterocycles. The number of benzene rings is 1. The first-order valence-electron chi connectivity index (χ1n) is 7.24. The lowest BCUT2D eigenvalue weighted by Crippen LogP contribution is -2.24. The number of rotatable bonds is 2. The summed E-state index contributed by atoms with van der Waals surface area (Å²) in [5, 5.41) is 0. The molecule has 0 radical (unpaired) electrons. The highest BCUT2D eigenvalue weighted by atomic mass is 15.1. The first kappa shape index (κ1) is 13.1. The SMILES string of the molecule is Cc1ccc2c(c1)CCCN2c1ccc([C@@H](C)N)nc1. The Hall–Kier alpha value is -1.87. The quantitative estimate of drug-likeness (QED) is 0.905. The second kappa shape index (κ2) is 5.25. The summed E-state index contributed by atoms with van der Waals surface area (Å²) >= 11 is 0. The molecule has 1 atom stereocenters. The van der Waals surface area contributed by atoms with Crippen molar-refractivity contribution in [2.75, 3.05) is 11.4 Å². The van der Waals surface area contributed by atoms with E-state index in [0.29, 0.717) is 0 Å². The van der Waals surface area contributed by atoms with Crippen LogP contribution in [0.2, 0.25) is 0 Å². The molecular weight excluding hydrogens is 246 g/mol. The summed E-state index contributed by atoms with van der Waals surface area (Å²) in [5.74, 6) is 0. The van der Waals surface area contributed by atoms with E-state index < -0.39 is 0 Å². The maximum absolute atomic E-state index is 5.86. The summed E-state index contributed by atoms with van der Waals surface area (Å²) in [6.07, 6.45) is 4.29. The highest BCUT2D eigenvalue weighted by Crippen LogP contribution is 2.33. The van der Waals surface area contributed by atoms with E-state index in [1.807, 2.05) is 19.2 Å². The van der Waals surface area contributed by atoms with Crippen LogP contribution in [0.4, 0.5) is 11.4 Å². The van der Waals surface area contributed by atoms with E-state index in [1.54, 1.807) is 0 Å². The topological polar surface area (TPSA) is 42.1 Å². The van der Waals surface area contributed by atoms with Gasteiger partial charge in [-0.25, -0.2) is 0 Å². The summed E-state index contributed by atoms with van der Waals surface area (Å²) in [5.41, 5.74) is 12.0. The number of nitrogens with two attached hydrogens (primary N) is 1. The Bertz CT molecular complexity index is 602. The van der Waals surface area contributed by atoms with Gasteiger partial charge in [-0.15, -0.1) is 0 Å². The third kappa shape index (κ3) is 2.41. The molecule has 2 aromatic rings. The molecule has 1 aliphatic heterocycles. The molecule has 0 spiro atoms. The summed E-state index contributed by atoms with van der Waals surface area (Å²) in [6, 6.07) is 10.8. The van der Waals surface area contributed by atoms with Crippen molar-refractivity contribution in [3.05, 3.63) is 53.3 Å². The monoisotopic (exact) mass is 267 g/mol. The van der Waals surface area contributed by atoms with Crippen LogP contribution < -0.4 is 10.6 Å². The minimum atomic E-state index is -0.0136. The number of fused-ring (bicyclic) bond motifs is 1. The van der Waals surface area contributed by atoms with Crippen LogP contribution in [0.25, 0.3) is 0 Å². The van der Waals surface area contributed by atoms with Crippen molar-refractivity contribution >= 4 is 11.4 Å². The smallest absolute Gasteiger partial charge is 0.0597 e. The molecule has 1 aromatic carbocycles. The van der Waals surface area contributed by atoms with Gasteiger partial charge in [0.1, 0.15) is 0 Å². The third-order valence-corrected chi connectivity index (χ3v) is 3.90. The van der Waals surface area contributed by atoms with Crippen molar-refractivity contribution in [2.24, 2.45) is 5.73 Å². The Morgan fingerprint density at radius 3 is 2.80 bits per heavy atom. The summed E-state index contributed by atoms with van der Waals surface area (Å²) < 4.78 is 0. The van der Waals surface area contributed by atoms with E-state index in [1.165, 1.54) is 29.7 Å². The highest BCUT2D eigenvalue weighted by Gasteiger charge is 2.18. The minimum absolute atomic E-state index is 0.0136. The molecule has 1 aliphatic rings. The van der Waals surface area contributed by atoms with Crippen LogP contribution in [0.5, 0.6) is 0 Å². The molecule has 2 N–H and O–H groups in total. The van der Waals surface area contributed by atoms with E-state index in [-0.39, 0.29) is 6.04 Å². The maximum Gasteiger partial charge on any atom is 0.0597 e. The Labute approximate surface area is 120 Å². The number of anilines is 2. The number of hydrogen-bond donors (Lipinski definition) is 1. The molecule has 3 nitrogen and oxygen atoms in total. The van der Waals surface area contributed by atoms with Gasteiger partial charge in [0.05, 0.1) is 17.6 Å². The van der Waals surface area contributed by atoms with Gasteiger partial charge in [-0.2, -0.15) is 0 Å². The lowest BCUT2D eigenvalue weighted by molar-refractivity contribution is 0.757. The van der Waals surface area contributed by atoms with Crippen molar-refractivity contribution in [1.29, 1.82) is 0 Å². The molecular formula is C17H21N3. The average molecular weight is 267 g/mol. The summed E-state index contributed by atoms with van der Waals surface area (Å²) in [6.45, 7) is 5.16. The molecule has 1 aromatic heterocycles. The van der Waals surface area contributed by atoms with Crippen LogP contribution in [-0.4, -0.2) is 11.5 Å². The Morgan fingerprint density at radius 2 is 2.10 bits per heavy atom. The van der Waals surface area contributed by atoms with Gasteiger partial charge in [0.25, 0.3) is 0 Å². The molecule has 104 valence electrons. The van der Waals surface area contributed by atoms with E-state index in [2.05, 4.69) is 41.1 Å². The Morgan fingerprint density at radius 1 is 1.25 bits per heavy atom. The lowest BCUT2D eigenvalue weighted by Gasteiger charge is -2.31. The summed E-state index contributed by atoms with van der Waals surface area (Å²) in [4.78, 5) is 6.83. The van der Waals surface area contributed by atoms with Crippen LogP contribution in [0.15, 0.2) is 36.5 Å². The normalized spacial score (nSPS) is 15.8. The first-order chi connectivity index (χ1) is 9.65. The van der Waals surface area contributed by atoms with E-state index in [0.717, 1.165) is 17.9 Å². The minimum Gasteiger partial charge on any atom is -0.340 e. The molecule has 0 unspecified atom stereocenters. The van der Waals surface area contributed by atoms with Gasteiger partial charge in [0.15, 0.2) is 0 Å². The van der Waals surface area contributed by atoms with Gasteiger partial charge in [0, 0.05) is 18.3 Å². The number of nitrogens with zero attached hydrogens (tertiary/aromatic N) is 2. The molecule has 0 amide bonds. The van der Waals surface area contributed by atoms with Crippen molar-refractivity contribution < 1.29 is 0 Å². The lowest BCUT2D eigenvalue weighted by atomic mass is 9.99. The predicted molar refractivity (Wildman–Crippen MR) is 83.3 cm³/mol. The first-order valence-corrected chi connectivity index (χ1v) is 7.24. The van der Waals surface area contributed by atoms with E-state index in [4.69, 9.17) is 5.73 Å². The molecule has 3 heteroatoms. The molecule has 0 bridgehead atoms. The van der Waals surface area contributed by atoms with E-state index >= 15 is 0 Å². The van der Waals surface area contributed by atoms with Crippen LogP contribution in [0, 0.1) is 6.92 Å². The number of aromatic nitrogens is 1. The number of pyridine rings is 1. The second-order valence-corrected chi connectivity index (χ2v) is 5.62. The molecule has 3 rings (SSSR count). The highest BCUT2D eigenvalue weighted by molar-refractivity contribution is 5.67. The predicted octanol–water partition coefficient (Wildman–Crippen LogP) is 3.49. The fourth-order valence-corrected chi connectivity index (χ4v) is 2.82. The fraction of sp³-hybridized carbons (Fsp3) is 0.353. The van der Waals surface area contributed by atoms with Gasteiger partial charge in [0.2, 0.25) is 0 Å². The van der Waals surface area contributed by atoms with Crippen LogP contribution >= 0.6 is 0 Å². The van der Waals surface area contributed by atoms with Crippen LogP contribution in [-0.2, 0) is 6.42 Å². The molecule has 0 saturated carbocycles. The Balaban J connectivity index is 1.96. The molecule has 0 saturated heterocycles. The average Bonchev–Trinajstić information content (AvgIpc) is 2.46. The molecule has 0 aliphatic carbocycles. The second-order valence-electron chi connectivity index (χ2n) is 5.62. The number of aryl methyl sites for hydroxylation is 2. The van der Waals surface area contributed by atoms with Gasteiger partial charge < -0.3 is 10.6 Å². The molecule has 20 heavy (non-hydrogen) atoms. The van der Waals surface area contributed by atoms with Gasteiger partial charge in [-0.3, -0.25) is 4.98 Å². The van der Waals surface area contributed by atoms with Gasteiger partial charge in [-0.05, 0) is 50.5 Å². The number of hydrogen-bond acceptors (Lipinski definition) is 3. The van der Waals surface area contributed by atoms with Crippen molar-refractivity contribution in [1.82, 2.24) is 4.98 Å². The zero-order valence-electron chi connectivity index (χ0n) is 12.1. The van der Waals surface area contributed by atoms with Crippen LogP contribution in [0.1, 0.15) is 36.2 Å². The summed E-state index contributed by atoms with van der Waals surface area (Å²) in [7, 11) is 0. The van der Waals surface area contributed by atoms with Gasteiger partial charge in [-0.1, -0.05) is 17.7 Å². The van der Waals surface area contributed by atoms with Crippen molar-refractivity contribution in [3.8, 4) is 0 Å². The standard InChI is InChI=1S/C17H21N3/c1-12-5-8-17-14(10-12)4-3-9-20(17)15-6-7-16(13(2)18)19-11-15/h5-8,10-11,13H,3-4,9,18H2,1-2H3/t13-/m1/s1. The third-order valence-electron chi connectivity index (χ3n) is 3.90. The zero-order chi connectivity index (χ0) is 14.1. The zero-order valence-corrected chi connectivity index (χ0v) is 12.1.